The third-order valence-corrected chi connectivity index (χ3v) is 6.78. The zero-order valence-electron chi connectivity index (χ0n) is 20.8. The van der Waals surface area contributed by atoms with Crippen LogP contribution in [0, 0.1) is 6.92 Å². The van der Waals surface area contributed by atoms with Crippen molar-refractivity contribution in [2.75, 3.05) is 13.1 Å². The number of hydrogen-bond donors (Lipinski definition) is 0. The van der Waals surface area contributed by atoms with Crippen LogP contribution >= 0.6 is 0 Å². The smallest absolute Gasteiger partial charge is 0.339 e. The van der Waals surface area contributed by atoms with E-state index in [0.29, 0.717) is 41.7 Å². The van der Waals surface area contributed by atoms with Gasteiger partial charge >= 0.3 is 6.18 Å². The van der Waals surface area contributed by atoms with Gasteiger partial charge in [0, 0.05) is 39.8 Å². The number of fused-ring (bicyclic) bond motifs is 1. The van der Waals surface area contributed by atoms with Crippen molar-refractivity contribution >= 4 is 22.4 Å². The van der Waals surface area contributed by atoms with E-state index in [-0.39, 0.29) is 22.5 Å². The summed E-state index contributed by atoms with van der Waals surface area (Å²) in [6.07, 6.45) is -0.443. The molecule has 0 spiro atoms. The Morgan fingerprint density at radius 1 is 1.22 bits per heavy atom. The largest absolute Gasteiger partial charge is 0.416 e. The van der Waals surface area contributed by atoms with Gasteiger partial charge < -0.3 is 14.0 Å². The molecule has 3 heterocycles. The highest BCUT2D eigenvalue weighted by Crippen LogP contribution is 2.35. The van der Waals surface area contributed by atoms with Gasteiger partial charge in [0.2, 0.25) is 5.91 Å². The van der Waals surface area contributed by atoms with Crippen molar-refractivity contribution in [2.24, 2.45) is 19.1 Å². The number of carbonyl (C=O) groups is 1. The topological polar surface area (TPSA) is 72.5 Å². The highest BCUT2D eigenvalue weighted by atomic mass is 19.4. The fraction of sp³-hybridized carbons (Fsp3) is 0.385. The van der Waals surface area contributed by atoms with Crippen LogP contribution in [-0.2, 0) is 25.1 Å². The second kappa shape index (κ2) is 9.40. The maximum atomic E-state index is 13.4. The van der Waals surface area contributed by atoms with Crippen LogP contribution in [0.1, 0.15) is 48.7 Å². The molecule has 1 amide bonds. The molecule has 1 aliphatic rings. The summed E-state index contributed by atoms with van der Waals surface area (Å²) in [4.78, 5) is 35.9. The van der Waals surface area contributed by atoms with Crippen LogP contribution < -0.4 is 11.0 Å². The van der Waals surface area contributed by atoms with Crippen LogP contribution in [0.4, 0.5) is 13.2 Å². The minimum atomic E-state index is -4.46. The summed E-state index contributed by atoms with van der Waals surface area (Å²) in [5.41, 5.74) is 1.94. The second-order valence-corrected chi connectivity index (χ2v) is 9.10. The molecule has 1 atom stereocenters. The van der Waals surface area contributed by atoms with Gasteiger partial charge in [-0.3, -0.25) is 14.6 Å². The molecule has 2 aromatic heterocycles. The van der Waals surface area contributed by atoms with Crippen molar-refractivity contribution in [2.45, 2.75) is 39.4 Å². The molecular weight excluding hydrogens is 471 g/mol. The summed E-state index contributed by atoms with van der Waals surface area (Å²) in [5, 5.41) is 0.518. The molecule has 3 aromatic rings. The molecule has 1 aromatic carbocycles. The number of rotatable bonds is 3. The quantitative estimate of drug-likeness (QED) is 0.549. The molecule has 0 bridgehead atoms. The van der Waals surface area contributed by atoms with Crippen molar-refractivity contribution in [3.63, 3.8) is 0 Å². The van der Waals surface area contributed by atoms with Crippen molar-refractivity contribution in [1.29, 1.82) is 0 Å². The van der Waals surface area contributed by atoms with E-state index in [1.54, 1.807) is 41.1 Å². The first kappa shape index (κ1) is 25.4. The minimum Gasteiger partial charge on any atom is -0.339 e. The SMILES string of the molecule is CC(=O)N1CC=C(c2cc3c(=NC(C)c4cccc(C(F)(F)F)c4C)ncn(C)c3c(=O)n2C)CC1. The molecule has 4 rings (SSSR count). The summed E-state index contributed by atoms with van der Waals surface area (Å²) in [6, 6.07) is 5.29. The molecule has 0 aliphatic carbocycles. The van der Waals surface area contributed by atoms with Gasteiger partial charge in [-0.1, -0.05) is 18.2 Å². The fourth-order valence-electron chi connectivity index (χ4n) is 4.73. The lowest BCUT2D eigenvalue weighted by atomic mass is 9.97. The van der Waals surface area contributed by atoms with E-state index in [1.807, 2.05) is 12.1 Å². The maximum Gasteiger partial charge on any atom is 0.416 e. The number of amides is 1. The lowest BCUT2D eigenvalue weighted by Crippen LogP contribution is -2.33. The molecule has 190 valence electrons. The minimum absolute atomic E-state index is 0.00566. The Labute approximate surface area is 206 Å². The van der Waals surface area contributed by atoms with E-state index in [2.05, 4.69) is 9.98 Å². The van der Waals surface area contributed by atoms with Crippen LogP contribution in [0.25, 0.3) is 16.5 Å². The first-order valence-electron chi connectivity index (χ1n) is 11.6. The monoisotopic (exact) mass is 499 g/mol. The number of nitrogens with zero attached hydrogens (tertiary/aromatic N) is 5. The second-order valence-electron chi connectivity index (χ2n) is 9.10. The molecule has 0 saturated heterocycles. The van der Waals surface area contributed by atoms with Crippen LogP contribution in [0.2, 0.25) is 0 Å². The van der Waals surface area contributed by atoms with Crippen molar-refractivity contribution in [1.82, 2.24) is 19.0 Å². The average Bonchev–Trinajstić information content (AvgIpc) is 2.82. The average molecular weight is 500 g/mol. The molecular formula is C26H28F3N5O2. The molecule has 1 unspecified atom stereocenters. The maximum absolute atomic E-state index is 13.4. The number of carbonyl (C=O) groups excluding carboxylic acids is 1. The Bertz CT molecular complexity index is 1510. The predicted octanol–water partition coefficient (Wildman–Crippen LogP) is 3.90. The Morgan fingerprint density at radius 3 is 2.56 bits per heavy atom. The van der Waals surface area contributed by atoms with Crippen LogP contribution in [-0.4, -0.2) is 38.0 Å². The molecule has 7 nitrogen and oxygen atoms in total. The zero-order chi connectivity index (χ0) is 26.4. The van der Waals surface area contributed by atoms with E-state index in [9.17, 15) is 22.8 Å². The first-order valence-corrected chi connectivity index (χ1v) is 11.6. The third kappa shape index (κ3) is 4.59. The van der Waals surface area contributed by atoms with E-state index >= 15 is 0 Å². The van der Waals surface area contributed by atoms with Crippen molar-refractivity contribution in [3.05, 3.63) is 74.9 Å². The first-order chi connectivity index (χ1) is 16.9. The highest BCUT2D eigenvalue weighted by Gasteiger charge is 2.33. The van der Waals surface area contributed by atoms with Crippen LogP contribution in [0.5, 0.6) is 0 Å². The molecule has 0 N–H and O–H groups in total. The number of hydrogen-bond acceptors (Lipinski definition) is 4. The number of benzene rings is 1. The fourth-order valence-corrected chi connectivity index (χ4v) is 4.73. The van der Waals surface area contributed by atoms with Gasteiger partial charge in [-0.2, -0.15) is 13.2 Å². The van der Waals surface area contributed by atoms with Gasteiger partial charge in [-0.25, -0.2) is 4.98 Å². The van der Waals surface area contributed by atoms with Crippen LogP contribution in [0.15, 0.2) is 46.5 Å². The van der Waals surface area contributed by atoms with E-state index in [4.69, 9.17) is 0 Å². The van der Waals surface area contributed by atoms with E-state index in [1.165, 1.54) is 26.2 Å². The van der Waals surface area contributed by atoms with Gasteiger partial charge in [0.25, 0.3) is 5.56 Å². The predicted molar refractivity (Wildman–Crippen MR) is 131 cm³/mol. The van der Waals surface area contributed by atoms with Crippen molar-refractivity contribution in [3.8, 4) is 0 Å². The zero-order valence-corrected chi connectivity index (χ0v) is 20.8. The normalized spacial score (nSPS) is 15.8. The Hall–Kier alpha value is -3.69. The molecule has 0 saturated carbocycles. The summed E-state index contributed by atoms with van der Waals surface area (Å²) in [6.45, 7) is 5.69. The van der Waals surface area contributed by atoms with Gasteiger partial charge in [0.15, 0.2) is 5.49 Å². The molecule has 0 radical (unpaired) electrons. The number of alkyl halides is 3. The number of pyridine rings is 1. The van der Waals surface area contributed by atoms with Gasteiger partial charge in [0.05, 0.1) is 23.3 Å². The summed E-state index contributed by atoms with van der Waals surface area (Å²) < 4.78 is 43.5. The van der Waals surface area contributed by atoms with Gasteiger partial charge in [0.1, 0.15) is 5.52 Å². The number of aryl methyl sites for hydroxylation is 1. The Balaban J connectivity index is 1.89. The third-order valence-electron chi connectivity index (χ3n) is 6.78. The lowest BCUT2D eigenvalue weighted by Gasteiger charge is -2.26. The molecule has 10 heteroatoms. The standard InChI is InChI=1S/C26H28F3N5O2/c1-15-19(7-6-8-21(15)26(27,28)29)16(2)31-24-20-13-22(18-9-11-34(12-10-18)17(3)35)33(5)25(36)23(20)32(4)14-30-24/h6-9,13-14,16H,10-12H2,1-5H3. The molecule has 0 fully saturated rings. The summed E-state index contributed by atoms with van der Waals surface area (Å²) >= 11 is 0. The van der Waals surface area contributed by atoms with Crippen molar-refractivity contribution < 1.29 is 18.0 Å². The van der Waals surface area contributed by atoms with Gasteiger partial charge in [-0.15, -0.1) is 0 Å². The Kier molecular flexibility index (Phi) is 6.64. The molecule has 36 heavy (non-hydrogen) atoms. The van der Waals surface area contributed by atoms with Crippen LogP contribution in [0.3, 0.4) is 0 Å². The number of aromatic nitrogens is 3. The van der Waals surface area contributed by atoms with E-state index < -0.39 is 17.8 Å². The van der Waals surface area contributed by atoms with E-state index in [0.717, 1.165) is 11.6 Å². The highest BCUT2D eigenvalue weighted by molar-refractivity contribution is 5.82. The molecule has 1 aliphatic heterocycles. The summed E-state index contributed by atoms with van der Waals surface area (Å²) in [7, 11) is 3.41. The lowest BCUT2D eigenvalue weighted by molar-refractivity contribution is -0.138. The van der Waals surface area contributed by atoms with Gasteiger partial charge in [-0.05, 0) is 49.1 Å². The number of halogens is 3. The summed E-state index contributed by atoms with van der Waals surface area (Å²) in [5.74, 6) is -0.00566. The Morgan fingerprint density at radius 2 is 1.94 bits per heavy atom.